The van der Waals surface area contributed by atoms with Crippen molar-refractivity contribution in [1.82, 2.24) is 5.32 Å². The molecule has 7 nitrogen and oxygen atoms in total. The molecule has 1 N–H and O–H groups in total. The fourth-order valence-corrected chi connectivity index (χ4v) is 3.98. The summed E-state index contributed by atoms with van der Waals surface area (Å²) in [4.78, 5) is 22.4. The highest BCUT2D eigenvalue weighted by Gasteiger charge is 2.30. The fourth-order valence-electron chi connectivity index (χ4n) is 2.69. The van der Waals surface area contributed by atoms with E-state index in [4.69, 9.17) is 0 Å². The Bertz CT molecular complexity index is 895. The molecule has 0 heterocycles. The predicted molar refractivity (Wildman–Crippen MR) is 102 cm³/mol. The SMILES string of the molecule is CC[C@H](CNC(=O)[C@H](C)S(=O)(=O)c1ccc([N+](=O)[O-])cc1)c1ccccc1. The molecule has 0 saturated carbocycles. The van der Waals surface area contributed by atoms with Crippen molar-refractivity contribution in [3.05, 3.63) is 70.3 Å². The zero-order valence-corrected chi connectivity index (χ0v) is 16.0. The van der Waals surface area contributed by atoms with Gasteiger partial charge in [-0.15, -0.1) is 0 Å². The molecule has 0 bridgehead atoms. The van der Waals surface area contributed by atoms with Crippen LogP contribution in [0.1, 0.15) is 31.7 Å². The first-order valence-electron chi connectivity index (χ1n) is 8.58. The molecule has 0 saturated heterocycles. The van der Waals surface area contributed by atoms with Crippen LogP contribution in [0.2, 0.25) is 0 Å². The van der Waals surface area contributed by atoms with Gasteiger partial charge in [0.2, 0.25) is 5.91 Å². The number of amides is 1. The van der Waals surface area contributed by atoms with Crippen LogP contribution in [-0.4, -0.2) is 31.0 Å². The van der Waals surface area contributed by atoms with Crippen molar-refractivity contribution in [3.8, 4) is 0 Å². The number of hydrogen-bond donors (Lipinski definition) is 1. The van der Waals surface area contributed by atoms with Gasteiger partial charge in [-0.05, 0) is 31.0 Å². The minimum Gasteiger partial charge on any atom is -0.354 e. The average Bonchev–Trinajstić information content (AvgIpc) is 2.68. The maximum absolute atomic E-state index is 12.6. The van der Waals surface area contributed by atoms with Crippen LogP contribution in [0.5, 0.6) is 0 Å². The van der Waals surface area contributed by atoms with Crippen LogP contribution in [0.25, 0.3) is 0 Å². The smallest absolute Gasteiger partial charge is 0.269 e. The summed E-state index contributed by atoms with van der Waals surface area (Å²) < 4.78 is 25.2. The summed E-state index contributed by atoms with van der Waals surface area (Å²) in [6.45, 7) is 3.65. The number of carbonyl (C=O) groups excluding carboxylic acids is 1. The van der Waals surface area contributed by atoms with Crippen molar-refractivity contribution in [2.75, 3.05) is 6.54 Å². The molecule has 1 amide bonds. The Morgan fingerprint density at radius 2 is 1.70 bits per heavy atom. The Morgan fingerprint density at radius 1 is 1.11 bits per heavy atom. The summed E-state index contributed by atoms with van der Waals surface area (Å²) in [5.74, 6) is -0.507. The maximum Gasteiger partial charge on any atom is 0.269 e. The number of hydrogen-bond acceptors (Lipinski definition) is 5. The second-order valence-electron chi connectivity index (χ2n) is 6.20. The van der Waals surface area contributed by atoms with Gasteiger partial charge in [0.05, 0.1) is 9.82 Å². The highest BCUT2D eigenvalue weighted by molar-refractivity contribution is 7.92. The molecule has 0 aliphatic heterocycles. The third-order valence-electron chi connectivity index (χ3n) is 4.50. The highest BCUT2D eigenvalue weighted by Crippen LogP contribution is 2.21. The summed E-state index contributed by atoms with van der Waals surface area (Å²) in [5, 5.41) is 12.1. The van der Waals surface area contributed by atoms with Crippen LogP contribution < -0.4 is 5.32 Å². The Hall–Kier alpha value is -2.74. The van der Waals surface area contributed by atoms with Crippen molar-refractivity contribution in [3.63, 3.8) is 0 Å². The first-order valence-corrected chi connectivity index (χ1v) is 10.1. The fraction of sp³-hybridized carbons (Fsp3) is 0.316. The van der Waals surface area contributed by atoms with Crippen LogP contribution in [0, 0.1) is 10.1 Å². The quantitative estimate of drug-likeness (QED) is 0.551. The normalized spacial score (nSPS) is 13.6. The molecule has 27 heavy (non-hydrogen) atoms. The Kier molecular flexibility index (Phi) is 6.68. The van der Waals surface area contributed by atoms with Crippen molar-refractivity contribution >= 4 is 21.4 Å². The molecule has 8 heteroatoms. The Balaban J connectivity index is 2.07. The summed E-state index contributed by atoms with van der Waals surface area (Å²) in [6.07, 6.45) is 0.799. The largest absolute Gasteiger partial charge is 0.354 e. The summed E-state index contributed by atoms with van der Waals surface area (Å²) in [7, 11) is -3.93. The van der Waals surface area contributed by atoms with Gasteiger partial charge >= 0.3 is 0 Å². The van der Waals surface area contributed by atoms with E-state index in [0.717, 1.165) is 36.2 Å². The van der Waals surface area contributed by atoms with E-state index in [2.05, 4.69) is 5.32 Å². The van der Waals surface area contributed by atoms with Gasteiger partial charge in [0.25, 0.3) is 5.69 Å². The minimum atomic E-state index is -3.93. The van der Waals surface area contributed by atoms with Gasteiger partial charge in [-0.25, -0.2) is 8.42 Å². The molecule has 0 aromatic heterocycles. The van der Waals surface area contributed by atoms with E-state index in [1.807, 2.05) is 37.3 Å². The average molecular weight is 390 g/mol. The van der Waals surface area contributed by atoms with Gasteiger partial charge in [0.1, 0.15) is 5.25 Å². The Morgan fingerprint density at radius 3 is 2.22 bits per heavy atom. The van der Waals surface area contributed by atoms with E-state index in [0.29, 0.717) is 6.54 Å². The second-order valence-corrected chi connectivity index (χ2v) is 8.47. The third kappa shape index (κ3) is 4.91. The lowest BCUT2D eigenvalue weighted by Crippen LogP contribution is -2.39. The number of non-ortho nitro benzene ring substituents is 1. The zero-order chi connectivity index (χ0) is 20.0. The van der Waals surface area contributed by atoms with Crippen molar-refractivity contribution in [2.45, 2.75) is 36.3 Å². The topological polar surface area (TPSA) is 106 Å². The lowest BCUT2D eigenvalue weighted by molar-refractivity contribution is -0.384. The molecule has 2 aromatic carbocycles. The molecule has 2 atom stereocenters. The number of benzene rings is 2. The van der Waals surface area contributed by atoms with Crippen molar-refractivity contribution in [1.29, 1.82) is 0 Å². The summed E-state index contributed by atoms with van der Waals surface area (Å²) in [5.41, 5.74) is 0.867. The van der Waals surface area contributed by atoms with Gasteiger partial charge < -0.3 is 5.32 Å². The standard InChI is InChI=1S/C19H22N2O5S/c1-3-15(16-7-5-4-6-8-16)13-20-19(22)14(2)27(25,26)18-11-9-17(10-12-18)21(23)24/h4-12,14-15H,3,13H2,1-2H3,(H,20,22)/t14-,15+/m0/s1. The van der Waals surface area contributed by atoms with E-state index >= 15 is 0 Å². The molecule has 2 rings (SSSR count). The van der Waals surface area contributed by atoms with Crippen LogP contribution in [0.4, 0.5) is 5.69 Å². The van der Waals surface area contributed by atoms with Gasteiger partial charge in [-0.2, -0.15) is 0 Å². The number of nitrogens with zero attached hydrogens (tertiary/aromatic N) is 1. The van der Waals surface area contributed by atoms with Crippen LogP contribution in [-0.2, 0) is 14.6 Å². The Labute approximate surface area is 158 Å². The molecular formula is C19H22N2O5S. The third-order valence-corrected chi connectivity index (χ3v) is 6.57. The summed E-state index contributed by atoms with van der Waals surface area (Å²) >= 11 is 0. The van der Waals surface area contributed by atoms with Crippen LogP contribution in [0.15, 0.2) is 59.5 Å². The van der Waals surface area contributed by atoms with Gasteiger partial charge in [0.15, 0.2) is 9.84 Å². The molecule has 2 aromatic rings. The monoisotopic (exact) mass is 390 g/mol. The van der Waals surface area contributed by atoms with Crippen LogP contribution >= 0.6 is 0 Å². The number of nitro benzene ring substituents is 1. The number of sulfone groups is 1. The van der Waals surface area contributed by atoms with E-state index in [9.17, 15) is 23.3 Å². The summed E-state index contributed by atoms with van der Waals surface area (Å²) in [6, 6.07) is 14.2. The van der Waals surface area contributed by atoms with E-state index in [1.54, 1.807) is 0 Å². The lowest BCUT2D eigenvalue weighted by atomic mass is 9.96. The van der Waals surface area contributed by atoms with E-state index in [1.165, 1.54) is 6.92 Å². The molecule has 0 radical (unpaired) electrons. The molecule has 144 valence electrons. The molecular weight excluding hydrogens is 368 g/mol. The second kappa shape index (κ2) is 8.77. The number of rotatable bonds is 8. The highest BCUT2D eigenvalue weighted by atomic mass is 32.2. The molecule has 0 fully saturated rings. The minimum absolute atomic E-state index is 0.0874. The molecule has 0 aliphatic rings. The van der Waals surface area contributed by atoms with Gasteiger partial charge in [-0.3, -0.25) is 14.9 Å². The maximum atomic E-state index is 12.6. The predicted octanol–water partition coefficient (Wildman–Crippen LogP) is 3.07. The van der Waals surface area contributed by atoms with E-state index < -0.39 is 25.9 Å². The number of nitro groups is 1. The first kappa shape index (κ1) is 20.6. The van der Waals surface area contributed by atoms with Crippen molar-refractivity contribution < 1.29 is 18.1 Å². The molecule has 0 aliphatic carbocycles. The van der Waals surface area contributed by atoms with Crippen molar-refractivity contribution in [2.24, 2.45) is 0 Å². The first-order chi connectivity index (χ1) is 12.8. The van der Waals surface area contributed by atoms with Gasteiger partial charge in [0, 0.05) is 24.6 Å². The lowest BCUT2D eigenvalue weighted by Gasteiger charge is -2.18. The zero-order valence-electron chi connectivity index (χ0n) is 15.2. The number of nitrogens with one attached hydrogen (secondary N) is 1. The van der Waals surface area contributed by atoms with E-state index in [-0.39, 0.29) is 16.5 Å². The van der Waals surface area contributed by atoms with Crippen LogP contribution in [0.3, 0.4) is 0 Å². The number of carbonyl (C=O) groups is 1. The molecule has 0 unspecified atom stereocenters. The molecule has 0 spiro atoms. The van der Waals surface area contributed by atoms with Gasteiger partial charge in [-0.1, -0.05) is 37.3 Å².